The standard InChI is InChI=1S/C19H10Cl2F6O3/c20-12-4-11(5-13(21)6-12)17(19(25,26)27)8-10-3-9(1-2-15(10)30-17)14(7-16(28)29)18(22,23)24/h1-7H,8H2,(H,28,29)/b14-7-. The Kier molecular flexibility index (Phi) is 5.49. The molecule has 3 rings (SSSR count). The Morgan fingerprint density at radius 3 is 2.13 bits per heavy atom. The summed E-state index contributed by atoms with van der Waals surface area (Å²) in [6.45, 7) is 0. The topological polar surface area (TPSA) is 46.5 Å². The van der Waals surface area contributed by atoms with Crippen LogP contribution in [0.4, 0.5) is 26.3 Å². The summed E-state index contributed by atoms with van der Waals surface area (Å²) in [5.74, 6) is -2.14. The molecule has 0 radical (unpaired) electrons. The molecule has 3 nitrogen and oxygen atoms in total. The quantitative estimate of drug-likeness (QED) is 0.416. The van der Waals surface area contributed by atoms with Crippen LogP contribution in [0.25, 0.3) is 5.57 Å². The first-order valence-electron chi connectivity index (χ1n) is 8.10. The van der Waals surface area contributed by atoms with E-state index in [0.717, 1.165) is 30.3 Å². The molecule has 0 amide bonds. The second-order valence-corrected chi connectivity index (χ2v) is 7.35. The number of fused-ring (bicyclic) bond motifs is 1. The van der Waals surface area contributed by atoms with Crippen LogP contribution in [0.5, 0.6) is 5.75 Å². The van der Waals surface area contributed by atoms with E-state index in [1.165, 1.54) is 6.07 Å². The van der Waals surface area contributed by atoms with Crippen LogP contribution < -0.4 is 4.74 Å². The molecule has 0 saturated carbocycles. The molecule has 0 fully saturated rings. The number of halogens is 8. The highest BCUT2D eigenvalue weighted by Crippen LogP contribution is 2.52. The number of aliphatic carboxylic acids is 1. The third-order valence-electron chi connectivity index (χ3n) is 4.46. The second-order valence-electron chi connectivity index (χ2n) is 6.48. The summed E-state index contributed by atoms with van der Waals surface area (Å²) >= 11 is 11.6. The molecule has 1 aliphatic rings. The number of hydrogen-bond donors (Lipinski definition) is 1. The Morgan fingerprint density at radius 2 is 1.63 bits per heavy atom. The molecule has 1 heterocycles. The lowest BCUT2D eigenvalue weighted by atomic mass is 9.87. The van der Waals surface area contributed by atoms with Crippen molar-refractivity contribution in [2.75, 3.05) is 0 Å². The van der Waals surface area contributed by atoms with E-state index in [0.29, 0.717) is 0 Å². The van der Waals surface area contributed by atoms with Gasteiger partial charge in [-0.05, 0) is 41.5 Å². The molecular weight excluding hydrogens is 461 g/mol. The predicted molar refractivity (Wildman–Crippen MR) is 96.6 cm³/mol. The minimum absolute atomic E-state index is 0.0503. The van der Waals surface area contributed by atoms with Crippen LogP contribution in [0.1, 0.15) is 16.7 Å². The Labute approximate surface area is 175 Å². The van der Waals surface area contributed by atoms with E-state index in [1.54, 1.807) is 0 Å². The first kappa shape index (κ1) is 22.3. The number of alkyl halides is 6. The van der Waals surface area contributed by atoms with Gasteiger partial charge in [0.15, 0.2) is 0 Å². The van der Waals surface area contributed by atoms with Gasteiger partial charge in [-0.3, -0.25) is 0 Å². The molecule has 0 saturated heterocycles. The van der Waals surface area contributed by atoms with Crippen molar-refractivity contribution < 1.29 is 41.0 Å². The second kappa shape index (κ2) is 7.39. The van der Waals surface area contributed by atoms with Crippen LogP contribution in [-0.4, -0.2) is 23.4 Å². The SMILES string of the molecule is O=C(O)/C=C(/c1ccc2c(c1)CC(c1cc(Cl)cc(Cl)c1)(C(F)(F)F)O2)C(F)(F)F. The van der Waals surface area contributed by atoms with E-state index in [9.17, 15) is 31.1 Å². The Morgan fingerprint density at radius 1 is 1.03 bits per heavy atom. The van der Waals surface area contributed by atoms with Gasteiger partial charge in [0, 0.05) is 28.1 Å². The average Bonchev–Trinajstić information content (AvgIpc) is 2.97. The lowest BCUT2D eigenvalue weighted by Gasteiger charge is -2.31. The van der Waals surface area contributed by atoms with E-state index in [-0.39, 0.29) is 27.4 Å². The molecule has 1 atom stereocenters. The molecule has 1 N–H and O–H groups in total. The van der Waals surface area contributed by atoms with E-state index in [4.69, 9.17) is 33.0 Å². The number of rotatable bonds is 3. The van der Waals surface area contributed by atoms with E-state index in [2.05, 4.69) is 0 Å². The molecule has 0 aliphatic carbocycles. The monoisotopic (exact) mass is 470 g/mol. The molecule has 11 heteroatoms. The summed E-state index contributed by atoms with van der Waals surface area (Å²) in [6, 6.07) is 5.86. The fourth-order valence-corrected chi connectivity index (χ4v) is 3.72. The van der Waals surface area contributed by atoms with Crippen LogP contribution in [0.2, 0.25) is 10.0 Å². The van der Waals surface area contributed by atoms with E-state index in [1.807, 2.05) is 0 Å². The lowest BCUT2D eigenvalue weighted by Crippen LogP contribution is -2.46. The number of ether oxygens (including phenoxy) is 1. The molecule has 0 bridgehead atoms. The first-order valence-corrected chi connectivity index (χ1v) is 8.86. The molecule has 0 aromatic heterocycles. The van der Waals surface area contributed by atoms with Gasteiger partial charge < -0.3 is 9.84 Å². The number of carboxylic acid groups (broad SMARTS) is 1. The zero-order chi connectivity index (χ0) is 22.5. The molecule has 1 aliphatic heterocycles. The van der Waals surface area contributed by atoms with Crippen molar-refractivity contribution in [2.45, 2.75) is 24.4 Å². The summed E-state index contributed by atoms with van der Waals surface area (Å²) in [5, 5.41) is 8.56. The third kappa shape index (κ3) is 4.09. The van der Waals surface area contributed by atoms with E-state index >= 15 is 0 Å². The van der Waals surface area contributed by atoms with Gasteiger partial charge in [-0.1, -0.05) is 29.3 Å². The number of allylic oxidation sites excluding steroid dienone is 1. The highest BCUT2D eigenvalue weighted by molar-refractivity contribution is 6.34. The predicted octanol–water partition coefficient (Wildman–Crippen LogP) is 6.42. The molecule has 1 unspecified atom stereocenters. The van der Waals surface area contributed by atoms with Gasteiger partial charge in [-0.15, -0.1) is 0 Å². The van der Waals surface area contributed by atoms with Crippen LogP contribution in [0, 0.1) is 0 Å². The van der Waals surface area contributed by atoms with Crippen molar-refractivity contribution in [2.24, 2.45) is 0 Å². The summed E-state index contributed by atoms with van der Waals surface area (Å²) in [6.07, 6.45) is -10.9. The first-order chi connectivity index (χ1) is 13.7. The maximum atomic E-state index is 14.1. The molecule has 0 spiro atoms. The van der Waals surface area contributed by atoms with Crippen LogP contribution in [0.3, 0.4) is 0 Å². The summed E-state index contributed by atoms with van der Waals surface area (Å²) in [7, 11) is 0. The minimum atomic E-state index is -5.03. The normalized spacial score (nSPS) is 19.4. The summed E-state index contributed by atoms with van der Waals surface area (Å²) < 4.78 is 87.1. The maximum Gasteiger partial charge on any atom is 0.432 e. The van der Waals surface area contributed by atoms with Gasteiger partial charge in [-0.2, -0.15) is 26.3 Å². The molecule has 2 aromatic rings. The number of benzene rings is 2. The Balaban J connectivity index is 2.13. The van der Waals surface area contributed by atoms with Crippen molar-refractivity contribution in [1.82, 2.24) is 0 Å². The molecule has 30 heavy (non-hydrogen) atoms. The Bertz CT molecular complexity index is 1030. The van der Waals surface area contributed by atoms with Crippen molar-refractivity contribution in [1.29, 1.82) is 0 Å². The number of carbonyl (C=O) groups is 1. The average molecular weight is 471 g/mol. The number of hydrogen-bond acceptors (Lipinski definition) is 2. The van der Waals surface area contributed by atoms with Crippen LogP contribution in [0.15, 0.2) is 42.5 Å². The van der Waals surface area contributed by atoms with Gasteiger partial charge in [0.25, 0.3) is 0 Å². The lowest BCUT2D eigenvalue weighted by molar-refractivity contribution is -0.248. The van der Waals surface area contributed by atoms with Gasteiger partial charge in [0.1, 0.15) is 5.75 Å². The molecule has 160 valence electrons. The van der Waals surface area contributed by atoms with Gasteiger partial charge in [0.05, 0.1) is 5.57 Å². The summed E-state index contributed by atoms with van der Waals surface area (Å²) in [4.78, 5) is 10.8. The smallest absolute Gasteiger partial charge is 0.432 e. The van der Waals surface area contributed by atoms with Gasteiger partial charge >= 0.3 is 18.3 Å². The highest BCUT2D eigenvalue weighted by atomic mass is 35.5. The van der Waals surface area contributed by atoms with Crippen LogP contribution in [-0.2, 0) is 16.8 Å². The van der Waals surface area contributed by atoms with E-state index < -0.39 is 47.0 Å². The fourth-order valence-electron chi connectivity index (χ4n) is 3.20. The number of carboxylic acids is 1. The van der Waals surface area contributed by atoms with Crippen LogP contribution >= 0.6 is 23.2 Å². The largest absolute Gasteiger partial charge is 0.478 e. The zero-order valence-electron chi connectivity index (χ0n) is 14.5. The van der Waals surface area contributed by atoms with Crippen molar-refractivity contribution in [3.8, 4) is 5.75 Å². The van der Waals surface area contributed by atoms with Crippen molar-refractivity contribution in [3.05, 3.63) is 69.2 Å². The maximum absolute atomic E-state index is 14.1. The minimum Gasteiger partial charge on any atom is -0.478 e. The Hall–Kier alpha value is -2.39. The highest BCUT2D eigenvalue weighted by Gasteiger charge is 2.61. The third-order valence-corrected chi connectivity index (χ3v) is 4.89. The van der Waals surface area contributed by atoms with Crippen molar-refractivity contribution in [3.63, 3.8) is 0 Å². The molecule has 2 aromatic carbocycles. The van der Waals surface area contributed by atoms with Gasteiger partial charge in [-0.25, -0.2) is 4.79 Å². The van der Waals surface area contributed by atoms with Gasteiger partial charge in [0.2, 0.25) is 5.60 Å². The summed E-state index contributed by atoms with van der Waals surface area (Å²) in [5.41, 5.74) is -5.62. The zero-order valence-corrected chi connectivity index (χ0v) is 16.0. The fraction of sp³-hybridized carbons (Fsp3) is 0.211. The molecular formula is C19H10Cl2F6O3. The van der Waals surface area contributed by atoms with Crippen molar-refractivity contribution >= 4 is 34.7 Å².